The van der Waals surface area contributed by atoms with Gasteiger partial charge in [-0.3, -0.25) is 0 Å². The molecule has 0 amide bonds. The van der Waals surface area contributed by atoms with E-state index in [1.807, 2.05) is 24.3 Å². The summed E-state index contributed by atoms with van der Waals surface area (Å²) in [5, 5.41) is 5.31. The van der Waals surface area contributed by atoms with E-state index < -0.39 is 0 Å². The molecule has 9 heteroatoms. The summed E-state index contributed by atoms with van der Waals surface area (Å²) in [4.78, 5) is 14.4. The van der Waals surface area contributed by atoms with Gasteiger partial charge < -0.3 is 24.5 Å². The predicted octanol–water partition coefficient (Wildman–Crippen LogP) is 4.81. The minimum Gasteiger partial charge on any atom is -0.464 e. The molecule has 0 fully saturated rings. The lowest BCUT2D eigenvalue weighted by Gasteiger charge is -2.12. The van der Waals surface area contributed by atoms with Gasteiger partial charge in [0.15, 0.2) is 22.1 Å². The van der Waals surface area contributed by atoms with Crippen molar-refractivity contribution in [2.75, 3.05) is 18.8 Å². The molecule has 0 spiro atoms. The molecule has 0 aliphatic heterocycles. The molecule has 0 bridgehead atoms. The molecule has 0 radical (unpaired) electrons. The molecule has 4 heterocycles. The maximum atomic E-state index is 6.11. The zero-order chi connectivity index (χ0) is 22.1. The van der Waals surface area contributed by atoms with E-state index in [-0.39, 0.29) is 0 Å². The van der Waals surface area contributed by atoms with Crippen molar-refractivity contribution < 1.29 is 8.83 Å². The number of fused-ring (bicyclic) bond motifs is 2. The van der Waals surface area contributed by atoms with Gasteiger partial charge in [0.05, 0.1) is 12.5 Å². The lowest BCUT2D eigenvalue weighted by atomic mass is 10.1. The minimum absolute atomic E-state index is 0.377. The molecular weight excluding hydrogens is 424 g/mol. The SMILES string of the molecule is CC(C)CNCCn1c(Sc2cc3ccoc3cc2-c2ccco2)nc2c(N)ncnc21. The van der Waals surface area contributed by atoms with E-state index in [0.717, 1.165) is 51.1 Å². The van der Waals surface area contributed by atoms with Gasteiger partial charge in [0, 0.05) is 28.9 Å². The van der Waals surface area contributed by atoms with E-state index in [0.29, 0.717) is 23.8 Å². The molecule has 0 unspecified atom stereocenters. The average molecular weight is 449 g/mol. The molecular formula is C23H24N6O2S. The van der Waals surface area contributed by atoms with Crippen molar-refractivity contribution in [3.63, 3.8) is 0 Å². The fraction of sp³-hybridized carbons (Fsp3) is 0.261. The summed E-state index contributed by atoms with van der Waals surface area (Å²) in [6.07, 6.45) is 4.84. The highest BCUT2D eigenvalue weighted by Crippen LogP contribution is 2.40. The van der Waals surface area contributed by atoms with E-state index in [2.05, 4.69) is 39.8 Å². The van der Waals surface area contributed by atoms with E-state index >= 15 is 0 Å². The number of nitrogens with two attached hydrogens (primary N) is 1. The molecule has 0 saturated carbocycles. The number of imidazole rings is 1. The average Bonchev–Trinajstić information content (AvgIpc) is 3.51. The fourth-order valence-electron chi connectivity index (χ4n) is 3.59. The van der Waals surface area contributed by atoms with Crippen molar-refractivity contribution in [3.8, 4) is 11.3 Å². The van der Waals surface area contributed by atoms with Gasteiger partial charge >= 0.3 is 0 Å². The van der Waals surface area contributed by atoms with Crippen LogP contribution in [0.25, 0.3) is 33.5 Å². The number of furan rings is 2. The second-order valence-electron chi connectivity index (χ2n) is 7.96. The smallest absolute Gasteiger partial charge is 0.175 e. The van der Waals surface area contributed by atoms with E-state index in [4.69, 9.17) is 19.6 Å². The Balaban J connectivity index is 1.56. The molecule has 3 N–H and O–H groups in total. The Hall–Kier alpha value is -3.30. The summed E-state index contributed by atoms with van der Waals surface area (Å²) in [6.45, 7) is 6.85. The standard InChI is InChI=1S/C23H24N6O2S/c1-14(2)12-25-6-7-29-22-20(21(24)26-13-27-22)28-23(29)32-19-10-15-5-9-31-18(15)11-16(19)17-4-3-8-30-17/h3-5,8-11,13-14,25H,6-7,12H2,1-2H3,(H2,24,26,27). The van der Waals surface area contributed by atoms with Crippen molar-refractivity contribution in [3.05, 3.63) is 49.2 Å². The lowest BCUT2D eigenvalue weighted by molar-refractivity contribution is 0.516. The molecule has 1 aromatic carbocycles. The number of aromatic nitrogens is 4. The zero-order valence-electron chi connectivity index (χ0n) is 17.9. The number of nitrogens with zero attached hydrogens (tertiary/aromatic N) is 4. The van der Waals surface area contributed by atoms with Crippen LogP contribution in [0.5, 0.6) is 0 Å². The Morgan fingerprint density at radius 3 is 2.88 bits per heavy atom. The summed E-state index contributed by atoms with van der Waals surface area (Å²) in [5.74, 6) is 1.73. The van der Waals surface area contributed by atoms with Crippen LogP contribution in [0.1, 0.15) is 13.8 Å². The van der Waals surface area contributed by atoms with Crippen molar-refractivity contribution >= 4 is 39.7 Å². The lowest BCUT2D eigenvalue weighted by Crippen LogP contribution is -2.24. The van der Waals surface area contributed by atoms with Crippen molar-refractivity contribution in [1.29, 1.82) is 0 Å². The molecule has 32 heavy (non-hydrogen) atoms. The third-order valence-corrected chi connectivity index (χ3v) is 6.18. The number of benzene rings is 1. The van der Waals surface area contributed by atoms with Gasteiger partial charge in [0.2, 0.25) is 0 Å². The monoisotopic (exact) mass is 448 g/mol. The van der Waals surface area contributed by atoms with Gasteiger partial charge in [0.25, 0.3) is 0 Å². The number of rotatable bonds is 8. The highest BCUT2D eigenvalue weighted by molar-refractivity contribution is 7.99. The van der Waals surface area contributed by atoms with Gasteiger partial charge in [-0.1, -0.05) is 25.6 Å². The molecule has 0 atom stereocenters. The normalized spacial score (nSPS) is 11.8. The minimum atomic E-state index is 0.377. The first-order chi connectivity index (χ1) is 15.6. The van der Waals surface area contributed by atoms with Crippen LogP contribution in [0.4, 0.5) is 5.82 Å². The van der Waals surface area contributed by atoms with E-state index in [1.54, 1.807) is 24.3 Å². The second kappa shape index (κ2) is 8.68. The maximum absolute atomic E-state index is 6.11. The van der Waals surface area contributed by atoms with Gasteiger partial charge in [0.1, 0.15) is 17.7 Å². The number of hydrogen-bond acceptors (Lipinski definition) is 8. The van der Waals surface area contributed by atoms with Crippen molar-refractivity contribution in [2.45, 2.75) is 30.4 Å². The van der Waals surface area contributed by atoms with Crippen molar-refractivity contribution in [1.82, 2.24) is 24.8 Å². The topological polar surface area (TPSA) is 108 Å². The molecule has 5 rings (SSSR count). The van der Waals surface area contributed by atoms with Gasteiger partial charge in [-0.2, -0.15) is 0 Å². The Labute approximate surface area is 189 Å². The number of nitrogens with one attached hydrogen (secondary N) is 1. The maximum Gasteiger partial charge on any atom is 0.175 e. The van der Waals surface area contributed by atoms with Crippen LogP contribution in [0, 0.1) is 5.92 Å². The first kappa shape index (κ1) is 20.6. The summed E-state index contributed by atoms with van der Waals surface area (Å²) in [6, 6.07) is 9.87. The Bertz CT molecular complexity index is 1360. The predicted molar refractivity (Wildman–Crippen MR) is 125 cm³/mol. The van der Waals surface area contributed by atoms with E-state index in [9.17, 15) is 0 Å². The van der Waals surface area contributed by atoms with Crippen LogP contribution < -0.4 is 11.1 Å². The van der Waals surface area contributed by atoms with Crippen molar-refractivity contribution in [2.24, 2.45) is 5.92 Å². The first-order valence-electron chi connectivity index (χ1n) is 10.5. The first-order valence-corrected chi connectivity index (χ1v) is 11.3. The van der Waals surface area contributed by atoms with Crippen LogP contribution >= 0.6 is 11.8 Å². The second-order valence-corrected chi connectivity index (χ2v) is 8.97. The molecule has 0 saturated heterocycles. The highest BCUT2D eigenvalue weighted by atomic mass is 32.2. The zero-order valence-corrected chi connectivity index (χ0v) is 18.7. The van der Waals surface area contributed by atoms with Crippen LogP contribution in [-0.2, 0) is 6.54 Å². The Morgan fingerprint density at radius 2 is 2.06 bits per heavy atom. The Morgan fingerprint density at radius 1 is 1.16 bits per heavy atom. The number of hydrogen-bond donors (Lipinski definition) is 2. The quantitative estimate of drug-likeness (QED) is 0.326. The van der Waals surface area contributed by atoms with Gasteiger partial charge in [-0.15, -0.1) is 0 Å². The highest BCUT2D eigenvalue weighted by Gasteiger charge is 2.19. The fourth-order valence-corrected chi connectivity index (χ4v) is 4.67. The summed E-state index contributed by atoms with van der Waals surface area (Å²) < 4.78 is 13.4. The van der Waals surface area contributed by atoms with Crippen LogP contribution in [0.15, 0.2) is 68.1 Å². The van der Waals surface area contributed by atoms with Crippen LogP contribution in [0.3, 0.4) is 0 Å². The molecule has 8 nitrogen and oxygen atoms in total. The van der Waals surface area contributed by atoms with Crippen LogP contribution in [-0.4, -0.2) is 32.6 Å². The van der Waals surface area contributed by atoms with E-state index in [1.165, 1.54) is 6.33 Å². The summed E-state index contributed by atoms with van der Waals surface area (Å²) in [5.41, 5.74) is 9.21. The molecule has 0 aliphatic carbocycles. The summed E-state index contributed by atoms with van der Waals surface area (Å²) in [7, 11) is 0. The largest absolute Gasteiger partial charge is 0.464 e. The van der Waals surface area contributed by atoms with Gasteiger partial charge in [-0.05, 0) is 42.8 Å². The third-order valence-electron chi connectivity index (χ3n) is 5.13. The molecule has 5 aromatic rings. The Kier molecular flexibility index (Phi) is 5.59. The molecule has 4 aromatic heterocycles. The molecule has 164 valence electrons. The van der Waals surface area contributed by atoms with Crippen LogP contribution in [0.2, 0.25) is 0 Å². The van der Waals surface area contributed by atoms with Gasteiger partial charge in [-0.25, -0.2) is 15.0 Å². The number of anilines is 1. The summed E-state index contributed by atoms with van der Waals surface area (Å²) >= 11 is 1.56. The molecule has 0 aliphatic rings. The third kappa shape index (κ3) is 3.96. The number of nitrogen functional groups attached to an aromatic ring is 1.